The zero-order valence-electron chi connectivity index (χ0n) is 23.8. The molecule has 2 aromatic carbocycles. The highest BCUT2D eigenvalue weighted by Gasteiger charge is 2.49. The number of benzene rings is 2. The summed E-state index contributed by atoms with van der Waals surface area (Å²) in [5.74, 6) is -2.73. The minimum absolute atomic E-state index is 0.148. The van der Waals surface area contributed by atoms with E-state index in [9.17, 15) is 55.9 Å². The van der Waals surface area contributed by atoms with Crippen LogP contribution in [0, 0.1) is 0 Å². The van der Waals surface area contributed by atoms with Gasteiger partial charge in [0.15, 0.2) is 41.7 Å². The summed E-state index contributed by atoms with van der Waals surface area (Å²) in [6, 6.07) is 7.33. The van der Waals surface area contributed by atoms with Crippen molar-refractivity contribution in [2.75, 3.05) is 13.2 Å². The van der Waals surface area contributed by atoms with E-state index in [1.54, 1.807) is 0 Å². The third-order valence-electron chi connectivity index (χ3n) is 7.34. The third kappa shape index (κ3) is 8.19. The van der Waals surface area contributed by atoms with Crippen molar-refractivity contribution < 1.29 is 79.5 Å². The number of carbonyl (C=O) groups is 1. The lowest BCUT2D eigenvalue weighted by Crippen LogP contribution is -2.62. The highest BCUT2D eigenvalue weighted by Crippen LogP contribution is 2.31. The lowest BCUT2D eigenvalue weighted by atomic mass is 9.98. The molecule has 2 aliphatic heterocycles. The first kappa shape index (κ1) is 34.3. The van der Waals surface area contributed by atoms with Gasteiger partial charge >= 0.3 is 5.97 Å². The van der Waals surface area contributed by atoms with Crippen LogP contribution in [0.25, 0.3) is 6.08 Å². The summed E-state index contributed by atoms with van der Waals surface area (Å²) in [4.78, 5) is 12.7. The molecule has 2 aromatic rings. The average Bonchev–Trinajstić information content (AvgIpc) is 3.01. The Labute approximate surface area is 256 Å². The van der Waals surface area contributed by atoms with Gasteiger partial charge in [-0.05, 0) is 48.4 Å². The number of aliphatic hydroxyl groups excluding tert-OH is 6. The fourth-order valence-corrected chi connectivity index (χ4v) is 4.68. The van der Waals surface area contributed by atoms with Gasteiger partial charge in [0.05, 0.1) is 19.3 Å². The van der Waals surface area contributed by atoms with Gasteiger partial charge in [0.25, 0.3) is 0 Å². The molecule has 2 fully saturated rings. The van der Waals surface area contributed by atoms with Gasteiger partial charge in [-0.15, -0.1) is 0 Å². The van der Waals surface area contributed by atoms with Crippen molar-refractivity contribution in [2.24, 2.45) is 0 Å². The van der Waals surface area contributed by atoms with Crippen LogP contribution in [0.4, 0.5) is 0 Å². The summed E-state index contributed by atoms with van der Waals surface area (Å²) in [6.45, 7) is 0.342. The van der Waals surface area contributed by atoms with Crippen molar-refractivity contribution >= 4 is 12.0 Å². The Balaban J connectivity index is 1.48. The van der Waals surface area contributed by atoms with E-state index in [1.807, 2.05) is 0 Å². The number of phenols is 4. The van der Waals surface area contributed by atoms with E-state index < -0.39 is 104 Å². The second kappa shape index (κ2) is 14.7. The number of ether oxygens (including phenoxy) is 5. The summed E-state index contributed by atoms with van der Waals surface area (Å²) >= 11 is 0. The quantitative estimate of drug-likeness (QED) is 0.0802. The van der Waals surface area contributed by atoms with Crippen LogP contribution in [-0.2, 0) is 28.5 Å². The number of aliphatic hydroxyl groups is 6. The normalized spacial score (nSPS) is 32.8. The number of hydrogen-bond acceptors (Lipinski definition) is 16. The first-order valence-corrected chi connectivity index (χ1v) is 13.8. The van der Waals surface area contributed by atoms with Crippen LogP contribution in [0.15, 0.2) is 42.5 Å². The molecule has 4 rings (SSSR count). The molecule has 0 saturated carbocycles. The molecule has 0 amide bonds. The minimum Gasteiger partial charge on any atom is -0.504 e. The Morgan fingerprint density at radius 1 is 0.800 bits per heavy atom. The summed E-state index contributed by atoms with van der Waals surface area (Å²) < 4.78 is 27.5. The molecule has 0 spiro atoms. The Morgan fingerprint density at radius 2 is 1.42 bits per heavy atom. The van der Waals surface area contributed by atoms with Crippen LogP contribution in [0.5, 0.6) is 23.0 Å². The number of esters is 1. The van der Waals surface area contributed by atoms with Gasteiger partial charge in [-0.1, -0.05) is 12.1 Å². The van der Waals surface area contributed by atoms with Crippen LogP contribution in [0.3, 0.4) is 0 Å². The SMILES string of the molecule is C[C@@H]1O[C@@H](OC[C@H]2O[C@@H](OCC(O)c3ccc(O)c(O)c3)[C@H](O)[C@@H](O)[C@@H]2OC(=O)/C=C/c2ccc(O)c(O)c2)[C@H](O)[C@H](O)[C@H]1O. The van der Waals surface area contributed by atoms with E-state index in [0.717, 1.165) is 18.2 Å². The number of rotatable bonds is 10. The van der Waals surface area contributed by atoms with Crippen LogP contribution >= 0.6 is 0 Å². The molecular weight excluding hydrogens is 604 g/mol. The molecule has 11 atom stereocenters. The predicted octanol–water partition coefficient (Wildman–Crippen LogP) is -1.53. The first-order valence-electron chi connectivity index (χ1n) is 13.8. The number of aromatic hydroxyl groups is 4. The van der Waals surface area contributed by atoms with Crippen LogP contribution < -0.4 is 0 Å². The van der Waals surface area contributed by atoms with Gasteiger partial charge < -0.3 is 74.7 Å². The van der Waals surface area contributed by atoms with E-state index in [1.165, 1.54) is 37.3 Å². The molecule has 10 N–H and O–H groups in total. The number of hydrogen-bond donors (Lipinski definition) is 10. The third-order valence-corrected chi connectivity index (χ3v) is 7.34. The standard InChI is InChI=1S/C29H36O16/c1-12-22(36)23(37)25(39)28(43-12)42-11-20-27(45-21(35)7-3-13-2-5-15(30)17(32)8-13)24(38)26(40)29(44-20)41-10-19(34)14-4-6-16(31)18(33)9-14/h2-9,12,19-20,22-34,36-40H,10-11H2,1H3/b7-3+/t12-,19?,20+,22-,23+,24+,25+,26+,27+,28+,29+/m0/s1. The van der Waals surface area contributed by atoms with E-state index in [4.69, 9.17) is 23.7 Å². The van der Waals surface area contributed by atoms with Gasteiger partial charge in [0.1, 0.15) is 42.7 Å². The molecule has 248 valence electrons. The molecule has 2 saturated heterocycles. The van der Waals surface area contributed by atoms with Crippen LogP contribution in [0.1, 0.15) is 24.2 Å². The molecule has 0 aromatic heterocycles. The molecule has 45 heavy (non-hydrogen) atoms. The molecule has 0 aliphatic carbocycles. The zero-order chi connectivity index (χ0) is 33.0. The fourth-order valence-electron chi connectivity index (χ4n) is 4.68. The molecule has 0 radical (unpaired) electrons. The van der Waals surface area contributed by atoms with Gasteiger partial charge in [0, 0.05) is 6.08 Å². The Kier molecular flexibility index (Phi) is 11.2. The van der Waals surface area contributed by atoms with Crippen LogP contribution in [-0.4, -0.2) is 132 Å². The van der Waals surface area contributed by atoms with Crippen LogP contribution in [0.2, 0.25) is 0 Å². The van der Waals surface area contributed by atoms with Crippen molar-refractivity contribution in [1.82, 2.24) is 0 Å². The lowest BCUT2D eigenvalue weighted by molar-refractivity contribution is -0.330. The molecule has 2 heterocycles. The smallest absolute Gasteiger partial charge is 0.331 e. The van der Waals surface area contributed by atoms with E-state index in [-0.39, 0.29) is 11.3 Å². The average molecular weight is 641 g/mol. The maximum absolute atomic E-state index is 12.7. The van der Waals surface area contributed by atoms with Crippen molar-refractivity contribution in [1.29, 1.82) is 0 Å². The summed E-state index contributed by atoms with van der Waals surface area (Å²) in [5, 5.41) is 101. The molecule has 1 unspecified atom stereocenters. The van der Waals surface area contributed by atoms with Gasteiger partial charge in [-0.25, -0.2) is 4.79 Å². The first-order chi connectivity index (χ1) is 21.3. The number of carbonyl (C=O) groups excluding carboxylic acids is 1. The fraction of sp³-hybridized carbons (Fsp3) is 0.483. The molecule has 16 heteroatoms. The van der Waals surface area contributed by atoms with Gasteiger partial charge in [-0.3, -0.25) is 0 Å². The van der Waals surface area contributed by atoms with E-state index in [2.05, 4.69) is 0 Å². The predicted molar refractivity (Wildman–Crippen MR) is 148 cm³/mol. The highest BCUT2D eigenvalue weighted by atomic mass is 16.7. The van der Waals surface area contributed by atoms with Crippen molar-refractivity contribution in [3.8, 4) is 23.0 Å². The highest BCUT2D eigenvalue weighted by molar-refractivity contribution is 5.87. The second-order valence-electron chi connectivity index (χ2n) is 10.6. The van der Waals surface area contributed by atoms with Gasteiger partial charge in [-0.2, -0.15) is 0 Å². The van der Waals surface area contributed by atoms with Gasteiger partial charge in [0.2, 0.25) is 0 Å². The van der Waals surface area contributed by atoms with Crippen molar-refractivity contribution in [3.63, 3.8) is 0 Å². The Bertz CT molecular complexity index is 1340. The summed E-state index contributed by atoms with van der Waals surface area (Å²) in [7, 11) is 0. The lowest BCUT2D eigenvalue weighted by Gasteiger charge is -2.43. The van der Waals surface area contributed by atoms with Crippen molar-refractivity contribution in [3.05, 3.63) is 53.6 Å². The monoisotopic (exact) mass is 640 g/mol. The topological polar surface area (TPSA) is 266 Å². The molecule has 2 aliphatic rings. The van der Waals surface area contributed by atoms with E-state index in [0.29, 0.717) is 5.56 Å². The maximum atomic E-state index is 12.7. The Hall–Kier alpha value is -3.55. The minimum atomic E-state index is -1.84. The summed E-state index contributed by atoms with van der Waals surface area (Å²) in [6.07, 6.45) is -14.6. The Morgan fingerprint density at radius 3 is 2.09 bits per heavy atom. The maximum Gasteiger partial charge on any atom is 0.331 e. The molecular formula is C29H36O16. The molecule has 16 nitrogen and oxygen atoms in total. The van der Waals surface area contributed by atoms with Crippen molar-refractivity contribution in [2.45, 2.75) is 74.4 Å². The second-order valence-corrected chi connectivity index (χ2v) is 10.6. The zero-order valence-corrected chi connectivity index (χ0v) is 23.8. The summed E-state index contributed by atoms with van der Waals surface area (Å²) in [5.41, 5.74) is 0.463. The largest absolute Gasteiger partial charge is 0.504 e. The molecule has 0 bridgehead atoms. The number of phenolic OH excluding ortho intramolecular Hbond substituents is 4. The van der Waals surface area contributed by atoms with E-state index >= 15 is 0 Å².